The number of aromatic nitrogens is 2. The Hall–Kier alpha value is -0.910. The molecule has 0 saturated carbocycles. The molecule has 0 saturated heterocycles. The molecule has 4 nitrogen and oxygen atoms in total. The molecular formula is C10H8Cl2N2O2S. The van der Waals surface area contributed by atoms with Crippen LogP contribution in [-0.4, -0.2) is 30.0 Å². The predicted molar refractivity (Wildman–Crippen MR) is 67.3 cm³/mol. The van der Waals surface area contributed by atoms with Crippen molar-refractivity contribution in [1.29, 1.82) is 0 Å². The first-order chi connectivity index (χ1) is 8.03. The number of halogens is 2. The highest BCUT2D eigenvalue weighted by molar-refractivity contribution is 7.91. The Kier molecular flexibility index (Phi) is 3.51. The summed E-state index contributed by atoms with van der Waals surface area (Å²) in [6.45, 7) is 0. The quantitative estimate of drug-likeness (QED) is 0.814. The molecule has 0 aliphatic carbocycles. The Balaban J connectivity index is 2.56. The molecule has 0 bridgehead atoms. The van der Waals surface area contributed by atoms with Crippen molar-refractivity contribution in [2.24, 2.45) is 0 Å². The van der Waals surface area contributed by atoms with Crippen LogP contribution >= 0.6 is 23.2 Å². The van der Waals surface area contributed by atoms with E-state index in [0.717, 1.165) is 0 Å². The van der Waals surface area contributed by atoms with Crippen LogP contribution in [0.4, 0.5) is 0 Å². The molecule has 1 aromatic carbocycles. The van der Waals surface area contributed by atoms with Gasteiger partial charge in [0.15, 0.2) is 14.9 Å². The standard InChI is InChI=1S/C10H8Cl2N2O2S/c11-3-4-17(15,16)10-6-13-9-5-7(12)1-2-8(9)14-10/h1-2,5-6H,3-4H2. The van der Waals surface area contributed by atoms with Gasteiger partial charge in [0, 0.05) is 10.9 Å². The fourth-order valence-electron chi connectivity index (χ4n) is 1.32. The van der Waals surface area contributed by atoms with E-state index in [0.29, 0.717) is 16.1 Å². The van der Waals surface area contributed by atoms with Gasteiger partial charge in [0.1, 0.15) is 0 Å². The summed E-state index contributed by atoms with van der Waals surface area (Å²) in [5, 5.41) is 0.469. The molecule has 0 aliphatic heterocycles. The zero-order chi connectivity index (χ0) is 12.5. The molecule has 1 heterocycles. The van der Waals surface area contributed by atoms with Gasteiger partial charge in [-0.05, 0) is 18.2 Å². The van der Waals surface area contributed by atoms with Crippen LogP contribution in [0.1, 0.15) is 0 Å². The molecule has 0 aliphatic rings. The zero-order valence-corrected chi connectivity index (χ0v) is 10.9. The largest absolute Gasteiger partial charge is 0.252 e. The maximum absolute atomic E-state index is 11.7. The van der Waals surface area contributed by atoms with Gasteiger partial charge < -0.3 is 0 Å². The molecule has 90 valence electrons. The minimum absolute atomic E-state index is 0.0304. The first-order valence-electron chi connectivity index (χ1n) is 4.74. The van der Waals surface area contributed by atoms with Gasteiger partial charge in [0.2, 0.25) is 0 Å². The van der Waals surface area contributed by atoms with Gasteiger partial charge in [-0.15, -0.1) is 11.6 Å². The van der Waals surface area contributed by atoms with Crippen LogP contribution in [0.2, 0.25) is 5.02 Å². The first-order valence-corrected chi connectivity index (χ1v) is 7.30. The zero-order valence-electron chi connectivity index (χ0n) is 8.60. The third-order valence-electron chi connectivity index (χ3n) is 2.15. The summed E-state index contributed by atoms with van der Waals surface area (Å²) >= 11 is 11.2. The van der Waals surface area contributed by atoms with E-state index in [-0.39, 0.29) is 16.7 Å². The molecule has 0 N–H and O–H groups in total. The Morgan fingerprint density at radius 2 is 2.00 bits per heavy atom. The lowest BCUT2D eigenvalue weighted by atomic mass is 10.3. The minimum atomic E-state index is -3.45. The normalized spacial score (nSPS) is 11.9. The van der Waals surface area contributed by atoms with Crippen molar-refractivity contribution in [1.82, 2.24) is 9.97 Å². The van der Waals surface area contributed by atoms with E-state index < -0.39 is 9.84 Å². The number of benzene rings is 1. The summed E-state index contributed by atoms with van der Waals surface area (Å²) in [7, 11) is -3.45. The first kappa shape index (κ1) is 12.5. The van der Waals surface area contributed by atoms with Gasteiger partial charge in [-0.2, -0.15) is 0 Å². The molecule has 0 fully saturated rings. The second-order valence-electron chi connectivity index (χ2n) is 3.35. The number of nitrogens with zero attached hydrogens (tertiary/aromatic N) is 2. The van der Waals surface area contributed by atoms with Crippen LogP contribution in [-0.2, 0) is 9.84 Å². The maximum Gasteiger partial charge on any atom is 0.198 e. The van der Waals surface area contributed by atoms with Crippen molar-refractivity contribution < 1.29 is 8.42 Å². The molecule has 2 rings (SSSR count). The smallest absolute Gasteiger partial charge is 0.198 e. The molecule has 0 atom stereocenters. The van der Waals surface area contributed by atoms with Crippen LogP contribution < -0.4 is 0 Å². The van der Waals surface area contributed by atoms with Crippen LogP contribution in [0.25, 0.3) is 11.0 Å². The average molecular weight is 291 g/mol. The second-order valence-corrected chi connectivity index (χ2v) is 6.22. The van der Waals surface area contributed by atoms with E-state index in [1.54, 1.807) is 18.2 Å². The Bertz CT molecular complexity index is 658. The van der Waals surface area contributed by atoms with E-state index in [1.165, 1.54) is 6.20 Å². The highest BCUT2D eigenvalue weighted by Crippen LogP contribution is 2.17. The molecular weight excluding hydrogens is 283 g/mol. The molecule has 0 radical (unpaired) electrons. The van der Waals surface area contributed by atoms with Crippen LogP contribution in [0.5, 0.6) is 0 Å². The van der Waals surface area contributed by atoms with E-state index in [2.05, 4.69) is 9.97 Å². The van der Waals surface area contributed by atoms with Crippen molar-refractivity contribution in [2.75, 3.05) is 11.6 Å². The monoisotopic (exact) mass is 290 g/mol. The molecule has 7 heteroatoms. The lowest BCUT2D eigenvalue weighted by molar-refractivity contribution is 0.594. The molecule has 0 unspecified atom stereocenters. The summed E-state index contributed by atoms with van der Waals surface area (Å²) in [4.78, 5) is 8.06. The van der Waals surface area contributed by atoms with Gasteiger partial charge in [0.05, 0.1) is 23.0 Å². The van der Waals surface area contributed by atoms with E-state index in [4.69, 9.17) is 23.2 Å². The molecule has 0 spiro atoms. The maximum atomic E-state index is 11.7. The Morgan fingerprint density at radius 1 is 1.24 bits per heavy atom. The lowest BCUT2D eigenvalue weighted by Gasteiger charge is -2.02. The molecule has 17 heavy (non-hydrogen) atoms. The summed E-state index contributed by atoms with van der Waals surface area (Å²) in [5.41, 5.74) is 1.05. The highest BCUT2D eigenvalue weighted by Gasteiger charge is 2.16. The minimum Gasteiger partial charge on any atom is -0.252 e. The number of hydrogen-bond acceptors (Lipinski definition) is 4. The molecule has 1 aromatic heterocycles. The van der Waals surface area contributed by atoms with Crippen molar-refractivity contribution in [3.05, 3.63) is 29.4 Å². The van der Waals surface area contributed by atoms with Gasteiger partial charge in [-0.3, -0.25) is 4.98 Å². The van der Waals surface area contributed by atoms with Crippen molar-refractivity contribution in [3.63, 3.8) is 0 Å². The van der Waals surface area contributed by atoms with Crippen LogP contribution in [0, 0.1) is 0 Å². The number of hydrogen-bond donors (Lipinski definition) is 0. The SMILES string of the molecule is O=S(=O)(CCCl)c1cnc2cc(Cl)ccc2n1. The summed E-state index contributed by atoms with van der Waals surface area (Å²) in [6, 6.07) is 4.89. The van der Waals surface area contributed by atoms with Gasteiger partial charge >= 0.3 is 0 Å². The number of rotatable bonds is 3. The lowest BCUT2D eigenvalue weighted by Crippen LogP contribution is -2.10. The second kappa shape index (κ2) is 4.76. The van der Waals surface area contributed by atoms with Crippen LogP contribution in [0.3, 0.4) is 0 Å². The van der Waals surface area contributed by atoms with Gasteiger partial charge in [0.25, 0.3) is 0 Å². The fraction of sp³-hybridized carbons (Fsp3) is 0.200. The van der Waals surface area contributed by atoms with Crippen molar-refractivity contribution in [2.45, 2.75) is 5.03 Å². The van der Waals surface area contributed by atoms with Crippen molar-refractivity contribution in [3.8, 4) is 0 Å². The third-order valence-corrected chi connectivity index (χ3v) is 4.37. The average Bonchev–Trinajstić information content (AvgIpc) is 2.28. The number of fused-ring (bicyclic) bond motifs is 1. The highest BCUT2D eigenvalue weighted by atomic mass is 35.5. The molecule has 2 aromatic rings. The van der Waals surface area contributed by atoms with E-state index in [9.17, 15) is 8.42 Å². The molecule has 0 amide bonds. The Morgan fingerprint density at radius 3 is 2.71 bits per heavy atom. The van der Waals surface area contributed by atoms with Crippen molar-refractivity contribution >= 4 is 44.1 Å². The predicted octanol–water partition coefficient (Wildman–Crippen LogP) is 2.30. The van der Waals surface area contributed by atoms with Gasteiger partial charge in [-0.1, -0.05) is 11.6 Å². The summed E-state index contributed by atoms with van der Waals surface area (Å²) in [5.74, 6) is -0.120. The summed E-state index contributed by atoms with van der Waals surface area (Å²) in [6.07, 6.45) is 1.22. The number of sulfone groups is 1. The summed E-state index contributed by atoms with van der Waals surface area (Å²) < 4.78 is 23.5. The fourth-order valence-corrected chi connectivity index (χ4v) is 2.96. The van der Waals surface area contributed by atoms with Gasteiger partial charge in [-0.25, -0.2) is 13.4 Å². The Labute approximate surface area is 109 Å². The van der Waals surface area contributed by atoms with E-state index >= 15 is 0 Å². The van der Waals surface area contributed by atoms with Crippen LogP contribution in [0.15, 0.2) is 29.4 Å². The topological polar surface area (TPSA) is 59.9 Å². The number of alkyl halides is 1. The van der Waals surface area contributed by atoms with E-state index in [1.807, 2.05) is 0 Å². The third kappa shape index (κ3) is 2.68.